The molecule has 0 aliphatic heterocycles. The molecule has 0 bridgehead atoms. The van der Waals surface area contributed by atoms with E-state index in [1.807, 2.05) is 60.7 Å². The quantitative estimate of drug-likeness (QED) is 0.242. The Labute approximate surface area is 205 Å². The van der Waals surface area contributed by atoms with Gasteiger partial charge in [0.25, 0.3) is 0 Å². The number of hydrogen-bond donors (Lipinski definition) is 0. The van der Waals surface area contributed by atoms with Crippen LogP contribution in [0.25, 0.3) is 0 Å². The summed E-state index contributed by atoms with van der Waals surface area (Å²) in [6.45, 7) is 13.5. The molecule has 0 saturated heterocycles. The third-order valence-corrected chi connectivity index (χ3v) is 6.99. The van der Waals surface area contributed by atoms with Gasteiger partial charge >= 0.3 is 0 Å². The highest BCUT2D eigenvalue weighted by atomic mass is 32.1. The molecule has 0 amide bonds. The fourth-order valence-corrected chi connectivity index (χ4v) is 4.75. The molecule has 0 fully saturated rings. The largest absolute Gasteiger partial charge is 0.129 e. The maximum atomic E-state index is 3.51. The lowest BCUT2D eigenvalue weighted by atomic mass is 10.1. The summed E-state index contributed by atoms with van der Waals surface area (Å²) in [6, 6.07) is 20.1. The number of hydrogen-bond acceptors (Lipinski definition) is 1. The van der Waals surface area contributed by atoms with Crippen LogP contribution in [0.3, 0.4) is 0 Å². The van der Waals surface area contributed by atoms with Gasteiger partial charge in [-0.1, -0.05) is 111 Å². The molecule has 0 aliphatic carbocycles. The lowest BCUT2D eigenvalue weighted by Crippen LogP contribution is -2.16. The SMILES string of the molecule is C[Si](C)(C)C#Cc1sc(C#C[Si](C)(C)C)c(C#Cc2ccccc2)c1C#Cc1ccccc1. The number of thiophene rings is 1. The van der Waals surface area contributed by atoms with Crippen LogP contribution in [0.4, 0.5) is 0 Å². The summed E-state index contributed by atoms with van der Waals surface area (Å²) in [4.78, 5) is 1.94. The van der Waals surface area contributed by atoms with Crippen molar-refractivity contribution in [1.29, 1.82) is 0 Å². The van der Waals surface area contributed by atoms with Gasteiger partial charge in [-0.3, -0.25) is 0 Å². The molecule has 3 aromatic rings. The van der Waals surface area contributed by atoms with E-state index in [9.17, 15) is 0 Å². The molecule has 0 saturated carbocycles. The molecule has 0 aliphatic rings. The van der Waals surface area contributed by atoms with E-state index in [0.29, 0.717) is 0 Å². The third kappa shape index (κ3) is 8.02. The molecule has 33 heavy (non-hydrogen) atoms. The van der Waals surface area contributed by atoms with Crippen molar-refractivity contribution >= 4 is 27.5 Å². The fourth-order valence-electron chi connectivity index (χ4n) is 2.65. The fraction of sp³-hybridized carbons (Fsp3) is 0.200. The van der Waals surface area contributed by atoms with Gasteiger partial charge in [0, 0.05) is 11.1 Å². The van der Waals surface area contributed by atoms with E-state index >= 15 is 0 Å². The summed E-state index contributed by atoms with van der Waals surface area (Å²) in [5.41, 5.74) is 10.8. The van der Waals surface area contributed by atoms with Crippen LogP contribution >= 0.6 is 11.3 Å². The van der Waals surface area contributed by atoms with Crippen LogP contribution in [0.2, 0.25) is 39.3 Å². The summed E-state index contributed by atoms with van der Waals surface area (Å²) in [6.07, 6.45) is 0. The molecule has 162 valence electrons. The highest BCUT2D eigenvalue weighted by Gasteiger charge is 2.16. The highest BCUT2D eigenvalue weighted by Crippen LogP contribution is 2.27. The van der Waals surface area contributed by atoms with Crippen LogP contribution in [0.15, 0.2) is 60.7 Å². The highest BCUT2D eigenvalue weighted by molar-refractivity contribution is 7.13. The maximum absolute atomic E-state index is 3.51. The van der Waals surface area contributed by atoms with Crippen molar-refractivity contribution in [3.8, 4) is 46.6 Å². The van der Waals surface area contributed by atoms with E-state index in [1.54, 1.807) is 11.3 Å². The molecule has 0 radical (unpaired) electrons. The van der Waals surface area contributed by atoms with Crippen molar-refractivity contribution in [3.05, 3.63) is 92.7 Å². The minimum Gasteiger partial charge on any atom is -0.126 e. The topological polar surface area (TPSA) is 0 Å². The van der Waals surface area contributed by atoms with E-state index in [1.165, 1.54) is 0 Å². The number of rotatable bonds is 0. The second-order valence-corrected chi connectivity index (χ2v) is 20.3. The van der Waals surface area contributed by atoms with E-state index in [2.05, 4.69) is 85.9 Å². The molecular formula is C30H28SSi2. The third-order valence-electron chi connectivity index (χ3n) is 4.22. The van der Waals surface area contributed by atoms with Crippen molar-refractivity contribution < 1.29 is 0 Å². The van der Waals surface area contributed by atoms with Crippen LogP contribution in [-0.2, 0) is 0 Å². The Morgan fingerprint density at radius 3 is 1.18 bits per heavy atom. The summed E-state index contributed by atoms with van der Waals surface area (Å²) in [5, 5.41) is 0. The Morgan fingerprint density at radius 1 is 0.485 bits per heavy atom. The first kappa shape index (κ1) is 24.5. The molecule has 1 heterocycles. The Balaban J connectivity index is 2.25. The Bertz CT molecular complexity index is 1260. The van der Waals surface area contributed by atoms with Crippen molar-refractivity contribution in [2.45, 2.75) is 39.3 Å². The van der Waals surface area contributed by atoms with Crippen LogP contribution in [0.1, 0.15) is 32.0 Å². The number of benzene rings is 2. The van der Waals surface area contributed by atoms with E-state index in [4.69, 9.17) is 0 Å². The van der Waals surface area contributed by atoms with Gasteiger partial charge in [-0.05, 0) is 24.3 Å². The van der Waals surface area contributed by atoms with E-state index in [-0.39, 0.29) is 0 Å². The zero-order valence-electron chi connectivity index (χ0n) is 20.2. The van der Waals surface area contributed by atoms with Gasteiger partial charge in [0.15, 0.2) is 0 Å². The normalized spacial score (nSPS) is 10.4. The van der Waals surface area contributed by atoms with Crippen LogP contribution < -0.4 is 0 Å². The monoisotopic (exact) mass is 476 g/mol. The predicted octanol–water partition coefficient (Wildman–Crippen LogP) is 7.01. The lowest BCUT2D eigenvalue weighted by Gasteiger charge is -2.02. The molecule has 0 nitrogen and oxygen atoms in total. The van der Waals surface area contributed by atoms with Crippen LogP contribution in [0.5, 0.6) is 0 Å². The lowest BCUT2D eigenvalue weighted by molar-refractivity contribution is 1.62. The summed E-state index contributed by atoms with van der Waals surface area (Å²) in [7, 11) is -3.09. The first-order valence-electron chi connectivity index (χ1n) is 11.0. The molecule has 0 N–H and O–H groups in total. The molecule has 0 spiro atoms. The van der Waals surface area contributed by atoms with Crippen LogP contribution in [0, 0.1) is 46.6 Å². The zero-order chi connectivity index (χ0) is 23.9. The molecule has 1 aromatic heterocycles. The average molecular weight is 477 g/mol. The molecular weight excluding hydrogens is 449 g/mol. The first-order valence-corrected chi connectivity index (χ1v) is 18.8. The van der Waals surface area contributed by atoms with E-state index < -0.39 is 16.1 Å². The minimum atomic E-state index is -1.55. The van der Waals surface area contributed by atoms with Gasteiger partial charge in [0.1, 0.15) is 16.1 Å². The standard InChI is InChI=1S/C30H28SSi2/c1-32(2,3)23-21-29-27(19-17-25-13-9-7-10-14-25)28(20-18-26-15-11-8-12-16-26)30(31-29)22-24-33(4,5)6/h7-16H,1-6H3. The molecule has 0 atom stereocenters. The van der Waals surface area contributed by atoms with Crippen molar-refractivity contribution in [2.75, 3.05) is 0 Å². The summed E-state index contributed by atoms with van der Waals surface area (Å²) >= 11 is 1.63. The first-order chi connectivity index (χ1) is 15.6. The summed E-state index contributed by atoms with van der Waals surface area (Å²) in [5.74, 6) is 20.3. The minimum absolute atomic E-state index is 0.901. The van der Waals surface area contributed by atoms with Gasteiger partial charge in [0.2, 0.25) is 0 Å². The van der Waals surface area contributed by atoms with Gasteiger partial charge in [-0.25, -0.2) is 0 Å². The molecule has 2 aromatic carbocycles. The molecule has 3 heteroatoms. The molecule has 0 unspecified atom stereocenters. The molecule has 3 rings (SSSR count). The predicted molar refractivity (Wildman–Crippen MR) is 150 cm³/mol. The van der Waals surface area contributed by atoms with Crippen molar-refractivity contribution in [2.24, 2.45) is 0 Å². The Hall–Kier alpha value is -3.19. The average Bonchev–Trinajstić information content (AvgIpc) is 3.10. The van der Waals surface area contributed by atoms with Gasteiger partial charge in [-0.2, -0.15) is 0 Å². The van der Waals surface area contributed by atoms with Crippen molar-refractivity contribution in [1.82, 2.24) is 0 Å². The van der Waals surface area contributed by atoms with Gasteiger partial charge < -0.3 is 0 Å². The second kappa shape index (κ2) is 10.6. The van der Waals surface area contributed by atoms with Gasteiger partial charge in [0.05, 0.1) is 20.9 Å². The zero-order valence-corrected chi connectivity index (χ0v) is 23.0. The Morgan fingerprint density at radius 2 is 0.848 bits per heavy atom. The van der Waals surface area contributed by atoms with Crippen molar-refractivity contribution in [3.63, 3.8) is 0 Å². The smallest absolute Gasteiger partial charge is 0.126 e. The van der Waals surface area contributed by atoms with Gasteiger partial charge in [-0.15, -0.1) is 22.4 Å². The van der Waals surface area contributed by atoms with E-state index in [0.717, 1.165) is 32.0 Å². The maximum Gasteiger partial charge on any atom is 0.129 e. The second-order valence-electron chi connectivity index (χ2n) is 9.74. The Kier molecular flexibility index (Phi) is 7.87. The summed E-state index contributed by atoms with van der Waals surface area (Å²) < 4.78 is 0. The van der Waals surface area contributed by atoms with Crippen LogP contribution in [-0.4, -0.2) is 16.1 Å².